The summed E-state index contributed by atoms with van der Waals surface area (Å²) >= 11 is 0. The molecule has 0 spiro atoms. The summed E-state index contributed by atoms with van der Waals surface area (Å²) in [5.41, 5.74) is 0.150. The van der Waals surface area contributed by atoms with Crippen molar-refractivity contribution in [1.29, 1.82) is 0 Å². The number of likely N-dealkylation sites (N-methyl/N-ethyl adjacent to an activating group) is 1. The molecule has 88 valence electrons. The molecule has 6 heteroatoms. The first-order valence-electron chi connectivity index (χ1n) is 4.84. The van der Waals surface area contributed by atoms with Crippen LogP contribution in [0.25, 0.3) is 0 Å². The molecule has 1 aromatic heterocycles. The Labute approximate surface area is 93.9 Å². The minimum Gasteiger partial charge on any atom is -0.464 e. The third kappa shape index (κ3) is 3.16. The van der Waals surface area contributed by atoms with Gasteiger partial charge in [0, 0.05) is 13.6 Å². The third-order valence-corrected chi connectivity index (χ3v) is 1.95. The highest BCUT2D eigenvalue weighted by atomic mass is 16.5. The van der Waals surface area contributed by atoms with E-state index in [-0.39, 0.29) is 5.69 Å². The van der Waals surface area contributed by atoms with Gasteiger partial charge in [-0.2, -0.15) is 0 Å². The highest BCUT2D eigenvalue weighted by Crippen LogP contribution is 2.08. The number of rotatable bonds is 4. The number of esters is 1. The second kappa shape index (κ2) is 5.41. The largest absolute Gasteiger partial charge is 0.464 e. The van der Waals surface area contributed by atoms with Gasteiger partial charge in [-0.3, -0.25) is 4.98 Å². The lowest BCUT2D eigenvalue weighted by atomic mass is 10.3. The number of nitrogens with zero attached hydrogens (tertiary/aromatic N) is 3. The first-order valence-corrected chi connectivity index (χ1v) is 4.84. The fourth-order valence-electron chi connectivity index (χ4n) is 1.23. The average Bonchev–Trinajstić information content (AvgIpc) is 2.27. The Morgan fingerprint density at radius 2 is 2.31 bits per heavy atom. The van der Waals surface area contributed by atoms with Crippen LogP contribution in [0.3, 0.4) is 0 Å². The number of aliphatic hydroxyl groups excluding tert-OH is 1. The number of ether oxygens (including phenoxy) is 1. The van der Waals surface area contributed by atoms with Crippen LogP contribution >= 0.6 is 0 Å². The summed E-state index contributed by atoms with van der Waals surface area (Å²) in [5.74, 6) is -0.0106. The number of carbonyl (C=O) groups is 1. The maximum atomic E-state index is 11.2. The molecule has 0 aromatic carbocycles. The maximum absolute atomic E-state index is 11.2. The molecule has 1 rings (SSSR count). The normalized spacial score (nSPS) is 12.0. The van der Waals surface area contributed by atoms with Crippen LogP contribution in [-0.2, 0) is 4.74 Å². The molecular formula is C10H15N3O3. The fraction of sp³-hybridized carbons (Fsp3) is 0.500. The SMILES string of the molecule is COC(=O)c1cncc(N(C)CC(C)O)n1. The molecule has 0 amide bonds. The quantitative estimate of drug-likeness (QED) is 0.731. The second-order valence-electron chi connectivity index (χ2n) is 3.48. The standard InChI is InChI=1S/C10H15N3O3/c1-7(14)6-13(2)9-5-11-4-8(12-9)10(15)16-3/h4-5,7,14H,6H2,1-3H3. The molecule has 0 aliphatic carbocycles. The van der Waals surface area contributed by atoms with Gasteiger partial charge in [-0.1, -0.05) is 0 Å². The summed E-state index contributed by atoms with van der Waals surface area (Å²) in [7, 11) is 3.05. The molecule has 1 unspecified atom stereocenters. The van der Waals surface area contributed by atoms with Crippen LogP contribution in [0.5, 0.6) is 0 Å². The molecule has 0 aliphatic rings. The topological polar surface area (TPSA) is 75.5 Å². The van der Waals surface area contributed by atoms with Crippen LogP contribution in [0.15, 0.2) is 12.4 Å². The van der Waals surface area contributed by atoms with Gasteiger partial charge in [-0.15, -0.1) is 0 Å². The Bertz CT molecular complexity index is 368. The Kier molecular flexibility index (Phi) is 4.19. The monoisotopic (exact) mass is 225 g/mol. The molecule has 1 atom stereocenters. The maximum Gasteiger partial charge on any atom is 0.358 e. The molecular weight excluding hydrogens is 210 g/mol. The van der Waals surface area contributed by atoms with Gasteiger partial charge in [0.15, 0.2) is 5.69 Å². The minimum absolute atomic E-state index is 0.150. The number of aromatic nitrogens is 2. The van der Waals surface area contributed by atoms with Crippen molar-refractivity contribution in [3.05, 3.63) is 18.1 Å². The number of carbonyl (C=O) groups excluding carboxylic acids is 1. The van der Waals surface area contributed by atoms with Crippen LogP contribution in [0.2, 0.25) is 0 Å². The number of hydrogen-bond donors (Lipinski definition) is 1. The molecule has 0 fully saturated rings. The zero-order valence-corrected chi connectivity index (χ0v) is 9.54. The first kappa shape index (κ1) is 12.4. The predicted molar refractivity (Wildman–Crippen MR) is 58.3 cm³/mol. The summed E-state index contributed by atoms with van der Waals surface area (Å²) in [6, 6.07) is 0. The predicted octanol–water partition coefficient (Wildman–Crippen LogP) is 0.0802. The molecule has 0 bridgehead atoms. The lowest BCUT2D eigenvalue weighted by molar-refractivity contribution is 0.0593. The summed E-state index contributed by atoms with van der Waals surface area (Å²) in [6.45, 7) is 2.09. The van der Waals surface area contributed by atoms with Crippen molar-refractivity contribution in [2.24, 2.45) is 0 Å². The Hall–Kier alpha value is -1.69. The zero-order chi connectivity index (χ0) is 12.1. The van der Waals surface area contributed by atoms with Gasteiger partial charge >= 0.3 is 5.97 Å². The molecule has 16 heavy (non-hydrogen) atoms. The smallest absolute Gasteiger partial charge is 0.358 e. The molecule has 1 heterocycles. The van der Waals surface area contributed by atoms with E-state index in [0.717, 1.165) is 0 Å². The lowest BCUT2D eigenvalue weighted by Gasteiger charge is -2.19. The summed E-state index contributed by atoms with van der Waals surface area (Å²) in [4.78, 5) is 20.9. The van der Waals surface area contributed by atoms with E-state index in [2.05, 4.69) is 14.7 Å². The Balaban J connectivity index is 2.85. The Morgan fingerprint density at radius 3 is 2.88 bits per heavy atom. The third-order valence-electron chi connectivity index (χ3n) is 1.95. The van der Waals surface area contributed by atoms with Crippen molar-refractivity contribution < 1.29 is 14.6 Å². The van der Waals surface area contributed by atoms with E-state index in [1.807, 2.05) is 0 Å². The van der Waals surface area contributed by atoms with Crippen molar-refractivity contribution >= 4 is 11.8 Å². The minimum atomic E-state index is -0.528. The van der Waals surface area contributed by atoms with Crippen molar-refractivity contribution in [3.63, 3.8) is 0 Å². The van der Waals surface area contributed by atoms with E-state index in [1.54, 1.807) is 18.9 Å². The molecule has 1 aromatic rings. The second-order valence-corrected chi connectivity index (χ2v) is 3.48. The van der Waals surface area contributed by atoms with E-state index in [1.165, 1.54) is 19.5 Å². The van der Waals surface area contributed by atoms with Gasteiger partial charge < -0.3 is 14.7 Å². The number of anilines is 1. The molecule has 1 N–H and O–H groups in total. The number of methoxy groups -OCH3 is 1. The van der Waals surface area contributed by atoms with E-state index < -0.39 is 12.1 Å². The number of aliphatic hydroxyl groups is 1. The fourth-order valence-corrected chi connectivity index (χ4v) is 1.23. The lowest BCUT2D eigenvalue weighted by Crippen LogP contribution is -2.28. The van der Waals surface area contributed by atoms with Crippen LogP contribution in [0, 0.1) is 0 Å². The van der Waals surface area contributed by atoms with Crippen molar-refractivity contribution in [2.45, 2.75) is 13.0 Å². The van der Waals surface area contributed by atoms with E-state index in [0.29, 0.717) is 12.4 Å². The zero-order valence-electron chi connectivity index (χ0n) is 9.54. The van der Waals surface area contributed by atoms with E-state index in [9.17, 15) is 9.90 Å². The number of hydrogen-bond acceptors (Lipinski definition) is 6. The van der Waals surface area contributed by atoms with Crippen LogP contribution in [-0.4, -0.2) is 47.8 Å². The van der Waals surface area contributed by atoms with Gasteiger partial charge in [0.05, 0.1) is 25.6 Å². The average molecular weight is 225 g/mol. The van der Waals surface area contributed by atoms with Gasteiger partial charge in [-0.25, -0.2) is 9.78 Å². The van der Waals surface area contributed by atoms with Crippen molar-refractivity contribution in [1.82, 2.24) is 9.97 Å². The van der Waals surface area contributed by atoms with Crippen molar-refractivity contribution in [2.75, 3.05) is 25.6 Å². The van der Waals surface area contributed by atoms with Crippen LogP contribution in [0.1, 0.15) is 17.4 Å². The molecule has 0 radical (unpaired) electrons. The molecule has 6 nitrogen and oxygen atoms in total. The molecule has 0 saturated carbocycles. The van der Waals surface area contributed by atoms with E-state index in [4.69, 9.17) is 0 Å². The van der Waals surface area contributed by atoms with Crippen LogP contribution < -0.4 is 4.90 Å². The molecule has 0 saturated heterocycles. The summed E-state index contributed by atoms with van der Waals surface area (Å²) < 4.78 is 4.54. The van der Waals surface area contributed by atoms with E-state index >= 15 is 0 Å². The highest BCUT2D eigenvalue weighted by molar-refractivity contribution is 5.87. The van der Waals surface area contributed by atoms with Crippen molar-refractivity contribution in [3.8, 4) is 0 Å². The summed E-state index contributed by atoms with van der Waals surface area (Å²) in [5, 5.41) is 9.23. The van der Waals surface area contributed by atoms with Gasteiger partial charge in [0.25, 0.3) is 0 Å². The van der Waals surface area contributed by atoms with Gasteiger partial charge in [0.1, 0.15) is 5.82 Å². The summed E-state index contributed by atoms with van der Waals surface area (Å²) in [6.07, 6.45) is 2.38. The van der Waals surface area contributed by atoms with Gasteiger partial charge in [-0.05, 0) is 6.92 Å². The van der Waals surface area contributed by atoms with Gasteiger partial charge in [0.2, 0.25) is 0 Å². The highest BCUT2D eigenvalue weighted by Gasteiger charge is 2.11. The van der Waals surface area contributed by atoms with Crippen LogP contribution in [0.4, 0.5) is 5.82 Å². The first-order chi connectivity index (χ1) is 7.54. The molecule has 0 aliphatic heterocycles. The Morgan fingerprint density at radius 1 is 1.62 bits per heavy atom.